The van der Waals surface area contributed by atoms with E-state index in [4.69, 9.17) is 9.41 Å². The first-order valence-corrected chi connectivity index (χ1v) is 13.5. The van der Waals surface area contributed by atoms with Gasteiger partial charge < -0.3 is 4.42 Å². The highest BCUT2D eigenvalue weighted by atomic mass is 32.2. The summed E-state index contributed by atoms with van der Waals surface area (Å²) >= 11 is 1.38. The van der Waals surface area contributed by atoms with Gasteiger partial charge in [-0.2, -0.15) is 0 Å². The van der Waals surface area contributed by atoms with E-state index < -0.39 is 4.92 Å². The Balaban J connectivity index is 1.48. The SMILES string of the molecule is CCc1ccccc1N=C1S/C(=C/c2ccc(-c3ccc(C)c([N+](=O)[O-])c3)o2)C(=O)N1C1CCCCC1. The number of amidine groups is 1. The second-order valence-electron chi connectivity index (χ2n) is 9.41. The molecule has 0 spiro atoms. The molecule has 0 N–H and O–H groups in total. The van der Waals surface area contributed by atoms with Crippen molar-refractivity contribution in [3.63, 3.8) is 0 Å². The van der Waals surface area contributed by atoms with E-state index in [1.54, 1.807) is 37.3 Å². The van der Waals surface area contributed by atoms with Crippen LogP contribution in [0.25, 0.3) is 17.4 Å². The van der Waals surface area contributed by atoms with E-state index in [2.05, 4.69) is 13.0 Å². The van der Waals surface area contributed by atoms with Gasteiger partial charge in [-0.3, -0.25) is 19.8 Å². The zero-order chi connectivity index (χ0) is 25.9. The molecule has 0 atom stereocenters. The zero-order valence-corrected chi connectivity index (χ0v) is 21.8. The van der Waals surface area contributed by atoms with Crippen LogP contribution in [0.4, 0.5) is 11.4 Å². The molecule has 37 heavy (non-hydrogen) atoms. The molecule has 2 aromatic carbocycles. The molecular weight excluding hydrogens is 486 g/mol. The lowest BCUT2D eigenvalue weighted by Gasteiger charge is -2.30. The number of carbonyl (C=O) groups is 1. The number of thioether (sulfide) groups is 1. The van der Waals surface area contributed by atoms with Crippen molar-refractivity contribution in [3.8, 4) is 11.3 Å². The number of aliphatic imine (C=N–C) groups is 1. The van der Waals surface area contributed by atoms with Crippen LogP contribution in [0.2, 0.25) is 0 Å². The number of para-hydroxylation sites is 1. The van der Waals surface area contributed by atoms with Gasteiger partial charge in [0.2, 0.25) is 0 Å². The Labute approximate surface area is 220 Å². The molecule has 1 aromatic heterocycles. The maximum atomic E-state index is 13.6. The van der Waals surface area contributed by atoms with Crippen molar-refractivity contribution in [1.29, 1.82) is 0 Å². The number of nitro groups is 1. The summed E-state index contributed by atoms with van der Waals surface area (Å²) in [5.74, 6) is 0.988. The van der Waals surface area contributed by atoms with Gasteiger partial charge in [0.15, 0.2) is 5.17 Å². The molecule has 2 heterocycles. The minimum absolute atomic E-state index is 0.0476. The molecule has 7 nitrogen and oxygen atoms in total. The number of hydrogen-bond donors (Lipinski definition) is 0. The lowest BCUT2D eigenvalue weighted by Crippen LogP contribution is -2.40. The van der Waals surface area contributed by atoms with Crippen LogP contribution in [0.5, 0.6) is 0 Å². The molecule has 2 aliphatic rings. The standard InChI is InChI=1S/C29H29N3O4S/c1-3-20-9-7-8-12-24(20)30-29-31(22-10-5-4-6-11-22)28(33)27(37-29)18-23-15-16-26(36-23)21-14-13-19(2)25(17-21)32(34)35/h7-9,12-18,22H,3-6,10-11H2,1-2H3/b27-18+,30-29?. The predicted octanol–water partition coefficient (Wildman–Crippen LogP) is 7.66. The second-order valence-corrected chi connectivity index (χ2v) is 10.4. The number of carbonyl (C=O) groups excluding carboxylic acids is 1. The minimum atomic E-state index is -0.393. The van der Waals surface area contributed by atoms with E-state index >= 15 is 0 Å². The topological polar surface area (TPSA) is 89.0 Å². The van der Waals surface area contributed by atoms with Gasteiger partial charge in [0.1, 0.15) is 11.5 Å². The molecule has 1 saturated carbocycles. The number of amides is 1. The first kappa shape index (κ1) is 25.0. The number of furan rings is 1. The van der Waals surface area contributed by atoms with Gasteiger partial charge in [-0.05, 0) is 61.7 Å². The van der Waals surface area contributed by atoms with Crippen LogP contribution in [-0.4, -0.2) is 26.9 Å². The number of rotatable bonds is 6. The molecule has 190 valence electrons. The van der Waals surface area contributed by atoms with Gasteiger partial charge in [-0.25, -0.2) is 4.99 Å². The summed E-state index contributed by atoms with van der Waals surface area (Å²) in [6.07, 6.45) is 8.00. The molecule has 1 saturated heterocycles. The Morgan fingerprint density at radius 3 is 2.68 bits per heavy atom. The minimum Gasteiger partial charge on any atom is -0.457 e. The Bertz CT molecular complexity index is 1400. The molecule has 8 heteroatoms. The predicted molar refractivity (Wildman–Crippen MR) is 148 cm³/mol. The molecule has 0 bridgehead atoms. The van der Waals surface area contributed by atoms with Gasteiger partial charge in [-0.1, -0.05) is 56.5 Å². The van der Waals surface area contributed by atoms with Gasteiger partial charge >= 0.3 is 0 Å². The Hall–Kier alpha value is -3.65. The summed E-state index contributed by atoms with van der Waals surface area (Å²) < 4.78 is 6.00. The number of hydrogen-bond acceptors (Lipinski definition) is 6. The summed E-state index contributed by atoms with van der Waals surface area (Å²) in [7, 11) is 0. The molecular formula is C29H29N3O4S. The molecule has 5 rings (SSSR count). The molecule has 1 aliphatic heterocycles. The van der Waals surface area contributed by atoms with Gasteiger partial charge in [-0.15, -0.1) is 0 Å². The van der Waals surface area contributed by atoms with Crippen molar-refractivity contribution in [3.05, 3.63) is 86.5 Å². The fourth-order valence-corrected chi connectivity index (χ4v) is 5.95. The average molecular weight is 516 g/mol. The summed E-state index contributed by atoms with van der Waals surface area (Å²) in [4.78, 5) is 32.0. The van der Waals surface area contributed by atoms with Crippen molar-refractivity contribution in [2.45, 2.75) is 58.4 Å². The van der Waals surface area contributed by atoms with E-state index in [0.29, 0.717) is 32.7 Å². The van der Waals surface area contributed by atoms with Crippen LogP contribution < -0.4 is 0 Å². The van der Waals surface area contributed by atoms with Crippen LogP contribution in [0.15, 0.2) is 68.9 Å². The van der Waals surface area contributed by atoms with Gasteiger partial charge in [0.25, 0.3) is 11.6 Å². The third-order valence-corrected chi connectivity index (χ3v) is 7.94. The highest BCUT2D eigenvalue weighted by Gasteiger charge is 2.39. The van der Waals surface area contributed by atoms with Crippen LogP contribution in [0.1, 0.15) is 55.9 Å². The molecule has 1 amide bonds. The van der Waals surface area contributed by atoms with Crippen LogP contribution in [-0.2, 0) is 11.2 Å². The lowest BCUT2D eigenvalue weighted by atomic mass is 9.94. The number of nitro benzene ring substituents is 1. The van der Waals surface area contributed by atoms with E-state index in [-0.39, 0.29) is 17.6 Å². The van der Waals surface area contributed by atoms with Crippen LogP contribution in [0.3, 0.4) is 0 Å². The van der Waals surface area contributed by atoms with Gasteiger partial charge in [0.05, 0.1) is 15.5 Å². The number of nitrogens with zero attached hydrogens (tertiary/aromatic N) is 3. The van der Waals surface area contributed by atoms with Crippen molar-refractivity contribution < 1.29 is 14.1 Å². The summed E-state index contributed by atoms with van der Waals surface area (Å²) in [6.45, 7) is 3.81. The summed E-state index contributed by atoms with van der Waals surface area (Å²) in [5.41, 5.74) is 3.30. The van der Waals surface area contributed by atoms with Crippen molar-refractivity contribution >= 4 is 40.3 Å². The molecule has 1 aliphatic carbocycles. The van der Waals surface area contributed by atoms with E-state index in [1.807, 2.05) is 23.1 Å². The number of aryl methyl sites for hydroxylation is 2. The normalized spacial score (nSPS) is 18.8. The van der Waals surface area contributed by atoms with Crippen LogP contribution >= 0.6 is 11.8 Å². The third kappa shape index (κ3) is 5.25. The van der Waals surface area contributed by atoms with E-state index in [1.165, 1.54) is 24.2 Å². The van der Waals surface area contributed by atoms with Crippen molar-refractivity contribution in [1.82, 2.24) is 4.90 Å². The highest BCUT2D eigenvalue weighted by Crippen LogP contribution is 2.39. The van der Waals surface area contributed by atoms with Gasteiger partial charge in [0, 0.05) is 29.3 Å². The summed E-state index contributed by atoms with van der Waals surface area (Å²) in [6, 6.07) is 16.8. The maximum absolute atomic E-state index is 13.6. The lowest BCUT2D eigenvalue weighted by molar-refractivity contribution is -0.385. The smallest absolute Gasteiger partial charge is 0.273 e. The van der Waals surface area contributed by atoms with Crippen molar-refractivity contribution in [2.24, 2.45) is 4.99 Å². The zero-order valence-electron chi connectivity index (χ0n) is 21.0. The first-order valence-electron chi connectivity index (χ1n) is 12.7. The monoisotopic (exact) mass is 515 g/mol. The Morgan fingerprint density at radius 1 is 1.14 bits per heavy atom. The first-order chi connectivity index (χ1) is 17.9. The number of benzene rings is 2. The fourth-order valence-electron chi connectivity index (χ4n) is 4.92. The second kappa shape index (κ2) is 10.8. The average Bonchev–Trinajstić information content (AvgIpc) is 3.49. The Kier molecular flexibility index (Phi) is 7.28. The third-order valence-electron chi connectivity index (χ3n) is 6.96. The quantitative estimate of drug-likeness (QED) is 0.191. The molecule has 0 radical (unpaired) electrons. The maximum Gasteiger partial charge on any atom is 0.273 e. The van der Waals surface area contributed by atoms with Crippen LogP contribution in [0, 0.1) is 17.0 Å². The highest BCUT2D eigenvalue weighted by molar-refractivity contribution is 8.18. The largest absolute Gasteiger partial charge is 0.457 e. The van der Waals surface area contributed by atoms with E-state index in [9.17, 15) is 14.9 Å². The molecule has 0 unspecified atom stereocenters. The molecule has 3 aromatic rings. The van der Waals surface area contributed by atoms with E-state index in [0.717, 1.165) is 43.4 Å². The Morgan fingerprint density at radius 2 is 1.92 bits per heavy atom. The molecule has 2 fully saturated rings. The fraction of sp³-hybridized carbons (Fsp3) is 0.310. The van der Waals surface area contributed by atoms with Crippen molar-refractivity contribution in [2.75, 3.05) is 0 Å². The summed E-state index contributed by atoms with van der Waals surface area (Å²) in [5, 5.41) is 12.1.